The molecule has 0 bridgehead atoms. The summed E-state index contributed by atoms with van der Waals surface area (Å²) in [6, 6.07) is 11.2. The first-order valence-corrected chi connectivity index (χ1v) is 10.6. The van der Waals surface area contributed by atoms with Crippen molar-refractivity contribution < 1.29 is 28.6 Å². The van der Waals surface area contributed by atoms with Crippen molar-refractivity contribution in [3.05, 3.63) is 59.4 Å². The molecule has 1 amide bonds. The van der Waals surface area contributed by atoms with Crippen molar-refractivity contribution in [3.63, 3.8) is 0 Å². The number of halogens is 1. The van der Waals surface area contributed by atoms with Gasteiger partial charge in [0.15, 0.2) is 16.7 Å². The Hall–Kier alpha value is -3.40. The maximum absolute atomic E-state index is 13.4. The van der Waals surface area contributed by atoms with Crippen LogP contribution in [-0.2, 0) is 9.59 Å². The Balaban J connectivity index is 1.70. The Morgan fingerprint density at radius 1 is 1.19 bits per heavy atom. The van der Waals surface area contributed by atoms with E-state index in [1.807, 2.05) is 12.1 Å². The number of hydrogen-bond acceptors (Lipinski definition) is 7. The van der Waals surface area contributed by atoms with Crippen molar-refractivity contribution in [2.24, 2.45) is 10.1 Å². The predicted molar refractivity (Wildman–Crippen MR) is 118 cm³/mol. The Morgan fingerprint density at radius 2 is 1.91 bits per heavy atom. The molecule has 8 nitrogen and oxygen atoms in total. The van der Waals surface area contributed by atoms with Crippen LogP contribution in [0.5, 0.6) is 11.5 Å². The number of methoxy groups -OCH3 is 2. The molecular formula is C22H20FN3O5S. The monoisotopic (exact) mass is 457 g/mol. The minimum absolute atomic E-state index is 0.320. The molecule has 4 rings (SSSR count). The predicted octanol–water partition coefficient (Wildman–Crippen LogP) is 3.47. The number of hydrazone groups is 1. The molecule has 0 radical (unpaired) electrons. The lowest BCUT2D eigenvalue weighted by atomic mass is 9.98. The summed E-state index contributed by atoms with van der Waals surface area (Å²) in [4.78, 5) is 27.4. The summed E-state index contributed by atoms with van der Waals surface area (Å²) in [5.74, 6) is -0.797. The van der Waals surface area contributed by atoms with Crippen LogP contribution in [0, 0.1) is 5.82 Å². The maximum Gasteiger partial charge on any atom is 0.305 e. The molecule has 1 N–H and O–H groups in total. The van der Waals surface area contributed by atoms with E-state index in [1.165, 1.54) is 12.1 Å². The second-order valence-electron chi connectivity index (χ2n) is 7.17. The summed E-state index contributed by atoms with van der Waals surface area (Å²) in [6.07, 6.45) is 0.151. The van der Waals surface area contributed by atoms with E-state index in [2.05, 4.69) is 10.1 Å². The molecule has 2 unspecified atom stereocenters. The lowest BCUT2D eigenvalue weighted by molar-refractivity contribution is -0.138. The number of carboxylic acids is 1. The third kappa shape index (κ3) is 4.31. The molecule has 2 aliphatic rings. The van der Waals surface area contributed by atoms with Crippen LogP contribution in [0.2, 0.25) is 0 Å². The average Bonchev–Trinajstić information content (AvgIpc) is 3.37. The number of hydrogen-bond donors (Lipinski definition) is 1. The van der Waals surface area contributed by atoms with Gasteiger partial charge < -0.3 is 14.6 Å². The van der Waals surface area contributed by atoms with E-state index in [4.69, 9.17) is 14.6 Å². The summed E-state index contributed by atoms with van der Waals surface area (Å²) in [5, 5.41) is 14.9. The van der Waals surface area contributed by atoms with E-state index >= 15 is 0 Å². The smallest absolute Gasteiger partial charge is 0.305 e. The molecule has 0 spiro atoms. The normalized spacial score (nSPS) is 20.2. The van der Waals surface area contributed by atoms with Crippen molar-refractivity contribution >= 4 is 34.5 Å². The molecule has 166 valence electrons. The molecule has 2 aromatic carbocycles. The summed E-state index contributed by atoms with van der Waals surface area (Å²) in [6.45, 7) is 0. The minimum atomic E-state index is -1.07. The number of carbonyl (C=O) groups excluding carboxylic acids is 1. The second-order valence-corrected chi connectivity index (χ2v) is 8.34. The molecule has 0 aliphatic carbocycles. The molecule has 32 heavy (non-hydrogen) atoms. The zero-order chi connectivity index (χ0) is 22.8. The van der Waals surface area contributed by atoms with E-state index in [0.717, 1.165) is 22.9 Å². The van der Waals surface area contributed by atoms with Gasteiger partial charge in [-0.1, -0.05) is 30.0 Å². The van der Waals surface area contributed by atoms with Gasteiger partial charge in [0.05, 0.1) is 32.4 Å². The fourth-order valence-electron chi connectivity index (χ4n) is 3.59. The van der Waals surface area contributed by atoms with Gasteiger partial charge in [-0.2, -0.15) is 10.1 Å². The number of carboxylic acid groups (broad SMARTS) is 1. The summed E-state index contributed by atoms with van der Waals surface area (Å²) >= 11 is 1.08. The fraction of sp³-hybridized carbons (Fsp3) is 0.273. The van der Waals surface area contributed by atoms with Crippen molar-refractivity contribution in [1.29, 1.82) is 0 Å². The molecular weight excluding hydrogens is 437 g/mol. The third-order valence-electron chi connectivity index (χ3n) is 5.17. The zero-order valence-corrected chi connectivity index (χ0v) is 18.1. The van der Waals surface area contributed by atoms with Gasteiger partial charge in [-0.15, -0.1) is 0 Å². The number of nitrogens with zero attached hydrogens (tertiary/aromatic N) is 3. The highest BCUT2D eigenvalue weighted by Crippen LogP contribution is 2.40. The van der Waals surface area contributed by atoms with Crippen molar-refractivity contribution in [2.75, 3.05) is 14.2 Å². The Morgan fingerprint density at radius 3 is 2.56 bits per heavy atom. The largest absolute Gasteiger partial charge is 0.493 e. The van der Waals surface area contributed by atoms with Crippen LogP contribution in [-0.4, -0.2) is 52.3 Å². The number of amides is 1. The summed E-state index contributed by atoms with van der Waals surface area (Å²) < 4.78 is 24.1. The molecule has 0 saturated carbocycles. The van der Waals surface area contributed by atoms with Gasteiger partial charge in [0.2, 0.25) is 0 Å². The first kappa shape index (κ1) is 21.8. The average molecular weight is 457 g/mol. The molecule has 0 saturated heterocycles. The minimum Gasteiger partial charge on any atom is -0.493 e. The Labute approximate surface area is 187 Å². The number of rotatable bonds is 6. The van der Waals surface area contributed by atoms with Gasteiger partial charge in [-0.25, -0.2) is 9.40 Å². The van der Waals surface area contributed by atoms with Gasteiger partial charge >= 0.3 is 5.97 Å². The molecule has 2 aromatic rings. The van der Waals surface area contributed by atoms with Crippen LogP contribution in [0.25, 0.3) is 0 Å². The number of amidine groups is 1. The first-order chi connectivity index (χ1) is 15.4. The van der Waals surface area contributed by atoms with E-state index in [1.54, 1.807) is 37.4 Å². The van der Waals surface area contributed by atoms with E-state index in [-0.39, 0.29) is 18.3 Å². The highest BCUT2D eigenvalue weighted by Gasteiger charge is 2.39. The highest BCUT2D eigenvalue weighted by molar-refractivity contribution is 8.15. The number of aliphatic imine (C=N–C) groups is 1. The number of thioether (sulfide) groups is 1. The lowest BCUT2D eigenvalue weighted by Gasteiger charge is -2.23. The highest BCUT2D eigenvalue weighted by atomic mass is 32.2. The lowest BCUT2D eigenvalue weighted by Crippen LogP contribution is -2.24. The molecule has 2 heterocycles. The van der Waals surface area contributed by atoms with Gasteiger partial charge in [0.1, 0.15) is 11.1 Å². The fourth-order valence-corrected chi connectivity index (χ4v) is 4.64. The van der Waals surface area contributed by atoms with Gasteiger partial charge in [0, 0.05) is 6.42 Å². The van der Waals surface area contributed by atoms with Crippen molar-refractivity contribution in [1.82, 2.24) is 5.01 Å². The summed E-state index contributed by atoms with van der Waals surface area (Å²) in [7, 11) is 3.09. The number of aliphatic carboxylic acids is 1. The molecule has 2 atom stereocenters. The molecule has 2 aliphatic heterocycles. The zero-order valence-electron chi connectivity index (χ0n) is 17.3. The van der Waals surface area contributed by atoms with Crippen LogP contribution >= 0.6 is 11.8 Å². The first-order valence-electron chi connectivity index (χ1n) is 9.75. The van der Waals surface area contributed by atoms with Gasteiger partial charge in [-0.05, 0) is 35.4 Å². The number of benzene rings is 2. The quantitative estimate of drug-likeness (QED) is 0.709. The van der Waals surface area contributed by atoms with E-state index < -0.39 is 17.1 Å². The number of carbonyl (C=O) groups is 2. The standard InChI is InChI=1S/C22H20FN3O5S/c1-30-17-8-5-13(9-18(17)31-2)16-10-15(12-3-6-14(23)7-4-12)25-26(16)22-24-21(29)19(32-22)11-20(27)28/h3-9,16,19H,10-11H2,1-2H3,(H,27,28). The molecule has 0 aromatic heterocycles. The van der Waals surface area contributed by atoms with Crippen LogP contribution in [0.1, 0.15) is 30.0 Å². The number of ether oxygens (including phenoxy) is 2. The van der Waals surface area contributed by atoms with Crippen molar-refractivity contribution in [2.45, 2.75) is 24.1 Å². The third-order valence-corrected chi connectivity index (χ3v) is 6.31. The van der Waals surface area contributed by atoms with Crippen LogP contribution in [0.15, 0.2) is 52.6 Å². The van der Waals surface area contributed by atoms with Crippen LogP contribution in [0.4, 0.5) is 4.39 Å². The van der Waals surface area contributed by atoms with Gasteiger partial charge in [-0.3, -0.25) is 9.59 Å². The van der Waals surface area contributed by atoms with Crippen LogP contribution < -0.4 is 9.47 Å². The van der Waals surface area contributed by atoms with E-state index in [9.17, 15) is 14.0 Å². The Bertz CT molecular complexity index is 1120. The Kier molecular flexibility index (Phi) is 6.13. The SMILES string of the molecule is COc1ccc(C2CC(c3ccc(F)cc3)=NN2C2=NC(=O)C(CC(=O)O)S2)cc1OC. The second kappa shape index (κ2) is 8.99. The molecule has 10 heteroatoms. The topological polar surface area (TPSA) is 101 Å². The maximum atomic E-state index is 13.4. The molecule has 0 fully saturated rings. The summed E-state index contributed by atoms with van der Waals surface area (Å²) in [5.41, 5.74) is 2.29. The van der Waals surface area contributed by atoms with Crippen LogP contribution in [0.3, 0.4) is 0 Å². The van der Waals surface area contributed by atoms with Crippen molar-refractivity contribution in [3.8, 4) is 11.5 Å². The van der Waals surface area contributed by atoms with E-state index in [0.29, 0.717) is 28.8 Å². The van der Waals surface area contributed by atoms with Gasteiger partial charge in [0.25, 0.3) is 5.91 Å².